The summed E-state index contributed by atoms with van der Waals surface area (Å²) >= 11 is 0. The second-order valence-electron chi connectivity index (χ2n) is 10.9. The Morgan fingerprint density at radius 1 is 1.23 bits per heavy atom. The fourth-order valence-electron chi connectivity index (χ4n) is 5.44. The van der Waals surface area contributed by atoms with Crippen LogP contribution in [0.1, 0.15) is 93.7 Å². The number of hydrogen-bond donors (Lipinski definition) is 0. The lowest BCUT2D eigenvalue weighted by molar-refractivity contribution is -0.133. The Balaban J connectivity index is 1.36. The molecule has 6 nitrogen and oxygen atoms in total. The number of aryl methyl sites for hydroxylation is 3. The number of carbonyl (C=O) groups excluding carboxylic acids is 1. The molecule has 6 heteroatoms. The van der Waals surface area contributed by atoms with Gasteiger partial charge in [0, 0.05) is 36.7 Å². The van der Waals surface area contributed by atoms with Crippen LogP contribution in [-0.4, -0.2) is 38.8 Å². The van der Waals surface area contributed by atoms with Gasteiger partial charge in [0.2, 0.25) is 5.91 Å². The molecule has 1 aliphatic carbocycles. The lowest BCUT2D eigenvalue weighted by Gasteiger charge is -2.35. The standard InChI is InChI=1S/C25H38N4O2/c1-16-13-17(2)29(26-16)18(3)14-23(30)28-11-9-19(10-12-28)24-21-15-20(25(4,5)6)7-8-22(21)27-31-24/h13,18-20H,7-12,14-15H2,1-6H3/t18-,20+/m1/s1. The number of amides is 1. The first kappa shape index (κ1) is 22.1. The number of piperidine rings is 1. The van der Waals surface area contributed by atoms with E-state index in [1.807, 2.05) is 16.5 Å². The van der Waals surface area contributed by atoms with Gasteiger partial charge in [0.25, 0.3) is 0 Å². The van der Waals surface area contributed by atoms with Crippen LogP contribution in [0.25, 0.3) is 0 Å². The van der Waals surface area contributed by atoms with Crippen molar-refractivity contribution in [3.05, 3.63) is 34.5 Å². The summed E-state index contributed by atoms with van der Waals surface area (Å²) in [5.41, 5.74) is 4.97. The van der Waals surface area contributed by atoms with Crippen LogP contribution in [0, 0.1) is 25.2 Å². The van der Waals surface area contributed by atoms with E-state index in [0.717, 1.165) is 55.9 Å². The molecule has 0 saturated carbocycles. The number of fused-ring (bicyclic) bond motifs is 1. The molecule has 0 radical (unpaired) electrons. The molecule has 0 unspecified atom stereocenters. The zero-order valence-corrected chi connectivity index (χ0v) is 20.1. The van der Waals surface area contributed by atoms with Crippen molar-refractivity contribution in [2.75, 3.05) is 13.1 Å². The van der Waals surface area contributed by atoms with Gasteiger partial charge in [-0.05, 0) is 70.3 Å². The second-order valence-corrected chi connectivity index (χ2v) is 10.9. The topological polar surface area (TPSA) is 64.2 Å². The predicted octanol–water partition coefficient (Wildman–Crippen LogP) is 5.00. The number of likely N-dealkylation sites (tertiary alicyclic amines) is 1. The van der Waals surface area contributed by atoms with Gasteiger partial charge in [-0.1, -0.05) is 25.9 Å². The maximum atomic E-state index is 12.9. The molecule has 1 fully saturated rings. The Morgan fingerprint density at radius 3 is 2.55 bits per heavy atom. The third-order valence-electron chi connectivity index (χ3n) is 7.46. The normalized spacial score (nSPS) is 21.2. The fraction of sp³-hybridized carbons (Fsp3) is 0.720. The van der Waals surface area contributed by atoms with Gasteiger partial charge in [-0.3, -0.25) is 9.48 Å². The second kappa shape index (κ2) is 8.44. The molecule has 0 N–H and O–H groups in total. The van der Waals surface area contributed by atoms with Crippen LogP contribution >= 0.6 is 0 Å². The molecule has 3 heterocycles. The van der Waals surface area contributed by atoms with Crippen LogP contribution in [0.2, 0.25) is 0 Å². The highest BCUT2D eigenvalue weighted by atomic mass is 16.5. The van der Waals surface area contributed by atoms with E-state index in [-0.39, 0.29) is 11.9 Å². The van der Waals surface area contributed by atoms with Gasteiger partial charge in [0.05, 0.1) is 17.4 Å². The zero-order valence-electron chi connectivity index (χ0n) is 20.1. The van der Waals surface area contributed by atoms with E-state index >= 15 is 0 Å². The van der Waals surface area contributed by atoms with E-state index in [1.54, 1.807) is 0 Å². The van der Waals surface area contributed by atoms with Crippen LogP contribution in [0.5, 0.6) is 0 Å². The Bertz CT molecular complexity index is 928. The maximum absolute atomic E-state index is 12.9. The molecule has 0 aromatic carbocycles. The number of aromatic nitrogens is 3. The lowest BCUT2D eigenvalue weighted by Crippen LogP contribution is -2.39. The van der Waals surface area contributed by atoms with E-state index in [1.165, 1.54) is 17.7 Å². The molecule has 31 heavy (non-hydrogen) atoms. The Morgan fingerprint density at radius 2 is 1.94 bits per heavy atom. The summed E-state index contributed by atoms with van der Waals surface area (Å²) < 4.78 is 7.87. The quantitative estimate of drug-likeness (QED) is 0.690. The van der Waals surface area contributed by atoms with Crippen LogP contribution in [0.3, 0.4) is 0 Å². The van der Waals surface area contributed by atoms with Crippen LogP contribution in [0.4, 0.5) is 0 Å². The summed E-state index contributed by atoms with van der Waals surface area (Å²) in [5.74, 6) is 2.39. The number of rotatable bonds is 4. The van der Waals surface area contributed by atoms with E-state index in [2.05, 4.69) is 50.9 Å². The largest absolute Gasteiger partial charge is 0.361 e. The zero-order chi connectivity index (χ0) is 22.3. The van der Waals surface area contributed by atoms with Crippen molar-refractivity contribution in [1.29, 1.82) is 0 Å². The van der Waals surface area contributed by atoms with Crippen molar-refractivity contribution in [1.82, 2.24) is 19.8 Å². The number of hydrogen-bond acceptors (Lipinski definition) is 4. The average Bonchev–Trinajstić information content (AvgIpc) is 3.29. The molecule has 1 aliphatic heterocycles. The molecule has 2 aromatic rings. The molecule has 0 spiro atoms. The molecule has 2 atom stereocenters. The summed E-state index contributed by atoms with van der Waals surface area (Å²) in [6.07, 6.45) is 5.73. The van der Waals surface area contributed by atoms with Crippen molar-refractivity contribution in [3.8, 4) is 0 Å². The Kier molecular flexibility index (Phi) is 6.01. The summed E-state index contributed by atoms with van der Waals surface area (Å²) in [7, 11) is 0. The van der Waals surface area contributed by atoms with Crippen molar-refractivity contribution < 1.29 is 9.32 Å². The van der Waals surface area contributed by atoms with E-state index in [4.69, 9.17) is 4.52 Å². The fourth-order valence-corrected chi connectivity index (χ4v) is 5.44. The maximum Gasteiger partial charge on any atom is 0.224 e. The monoisotopic (exact) mass is 426 g/mol. The molecule has 0 bridgehead atoms. The molecule has 2 aliphatic rings. The van der Waals surface area contributed by atoms with E-state index < -0.39 is 0 Å². The lowest BCUT2D eigenvalue weighted by atomic mass is 9.71. The minimum Gasteiger partial charge on any atom is -0.361 e. The number of nitrogens with zero attached hydrogens (tertiary/aromatic N) is 4. The minimum atomic E-state index is 0.0783. The van der Waals surface area contributed by atoms with Crippen LogP contribution < -0.4 is 0 Å². The van der Waals surface area contributed by atoms with Crippen molar-refractivity contribution in [2.24, 2.45) is 11.3 Å². The van der Waals surface area contributed by atoms with E-state index in [9.17, 15) is 4.79 Å². The highest BCUT2D eigenvalue weighted by molar-refractivity contribution is 5.76. The smallest absolute Gasteiger partial charge is 0.224 e. The van der Waals surface area contributed by atoms with Gasteiger partial charge in [0.15, 0.2) is 0 Å². The summed E-state index contributed by atoms with van der Waals surface area (Å²) in [5, 5.41) is 8.97. The van der Waals surface area contributed by atoms with Gasteiger partial charge in [-0.15, -0.1) is 0 Å². The molecule has 2 aromatic heterocycles. The molecular formula is C25H38N4O2. The average molecular weight is 427 g/mol. The summed E-state index contributed by atoms with van der Waals surface area (Å²) in [6, 6.07) is 2.14. The summed E-state index contributed by atoms with van der Waals surface area (Å²) in [6.45, 7) is 14.7. The summed E-state index contributed by atoms with van der Waals surface area (Å²) in [4.78, 5) is 15.0. The SMILES string of the molecule is Cc1cc(C)n([C@H](C)CC(=O)N2CCC(c3onc4c3C[C@@H](C(C)(C)C)CC4)CC2)n1. The first-order valence-corrected chi connectivity index (χ1v) is 11.9. The predicted molar refractivity (Wildman–Crippen MR) is 121 cm³/mol. The third kappa shape index (κ3) is 4.58. The Labute approximate surface area is 186 Å². The van der Waals surface area contributed by atoms with Crippen LogP contribution in [-0.2, 0) is 17.6 Å². The van der Waals surface area contributed by atoms with Crippen LogP contribution in [0.15, 0.2) is 10.6 Å². The first-order chi connectivity index (χ1) is 14.6. The van der Waals surface area contributed by atoms with Crippen molar-refractivity contribution in [2.45, 2.75) is 92.0 Å². The molecule has 170 valence electrons. The number of carbonyl (C=O) groups is 1. The van der Waals surface area contributed by atoms with Crippen molar-refractivity contribution >= 4 is 5.91 Å². The highest BCUT2D eigenvalue weighted by Crippen LogP contribution is 2.41. The van der Waals surface area contributed by atoms with Crippen molar-refractivity contribution in [3.63, 3.8) is 0 Å². The first-order valence-electron chi connectivity index (χ1n) is 11.9. The van der Waals surface area contributed by atoms with Gasteiger partial charge < -0.3 is 9.42 Å². The molecular weight excluding hydrogens is 388 g/mol. The molecule has 1 amide bonds. The molecule has 1 saturated heterocycles. The van der Waals surface area contributed by atoms with E-state index in [0.29, 0.717) is 23.7 Å². The van der Waals surface area contributed by atoms with Gasteiger partial charge in [-0.25, -0.2) is 0 Å². The van der Waals surface area contributed by atoms with Gasteiger partial charge >= 0.3 is 0 Å². The highest BCUT2D eigenvalue weighted by Gasteiger charge is 2.35. The van der Waals surface area contributed by atoms with Gasteiger partial charge in [0.1, 0.15) is 5.76 Å². The molecule has 4 rings (SSSR count). The Hall–Kier alpha value is -2.11. The third-order valence-corrected chi connectivity index (χ3v) is 7.46. The van der Waals surface area contributed by atoms with Gasteiger partial charge in [-0.2, -0.15) is 5.10 Å². The minimum absolute atomic E-state index is 0.0783.